The largest absolute Gasteiger partial charge is 0.339 e. The second kappa shape index (κ2) is 4.12. The third-order valence-electron chi connectivity index (χ3n) is 4.00. The van der Waals surface area contributed by atoms with Crippen molar-refractivity contribution in [1.29, 1.82) is 0 Å². The van der Waals surface area contributed by atoms with E-state index in [1.54, 1.807) is 0 Å². The average Bonchev–Trinajstić information content (AvgIpc) is 2.64. The highest BCUT2D eigenvalue weighted by Gasteiger charge is 2.41. The molecule has 2 N–H and O–H groups in total. The Balaban J connectivity index is 2.76. The van der Waals surface area contributed by atoms with Crippen LogP contribution in [0.1, 0.15) is 52.9 Å². The van der Waals surface area contributed by atoms with E-state index in [0.29, 0.717) is 0 Å². The number of carbonyl (C=O) groups excluding carboxylic acids is 1. The third kappa shape index (κ3) is 2.33. The Morgan fingerprint density at radius 1 is 1.40 bits per heavy atom. The van der Waals surface area contributed by atoms with Gasteiger partial charge in [0.25, 0.3) is 0 Å². The van der Waals surface area contributed by atoms with Crippen LogP contribution in [0, 0.1) is 0 Å². The lowest BCUT2D eigenvalue weighted by Gasteiger charge is -2.39. The SMILES string of the molecule is CCC(C)(C)N(C)C(=O)C1(N)CCCC1. The summed E-state index contributed by atoms with van der Waals surface area (Å²) in [7, 11) is 1.87. The number of carbonyl (C=O) groups is 1. The lowest BCUT2D eigenvalue weighted by Crippen LogP contribution is -2.57. The van der Waals surface area contributed by atoms with E-state index in [1.165, 1.54) is 0 Å². The first-order valence-corrected chi connectivity index (χ1v) is 5.90. The number of nitrogens with zero attached hydrogens (tertiary/aromatic N) is 1. The van der Waals surface area contributed by atoms with Crippen molar-refractivity contribution in [1.82, 2.24) is 4.90 Å². The average molecular weight is 212 g/mol. The van der Waals surface area contributed by atoms with Gasteiger partial charge in [-0.15, -0.1) is 0 Å². The van der Waals surface area contributed by atoms with Gasteiger partial charge in [0, 0.05) is 12.6 Å². The van der Waals surface area contributed by atoms with Gasteiger partial charge in [-0.2, -0.15) is 0 Å². The van der Waals surface area contributed by atoms with Gasteiger partial charge < -0.3 is 10.6 Å². The molecule has 3 nitrogen and oxygen atoms in total. The van der Waals surface area contributed by atoms with Crippen LogP contribution in [0.2, 0.25) is 0 Å². The molecule has 0 bridgehead atoms. The lowest BCUT2D eigenvalue weighted by molar-refractivity contribution is -0.140. The number of hydrogen-bond acceptors (Lipinski definition) is 2. The molecule has 0 aliphatic heterocycles. The number of rotatable bonds is 3. The topological polar surface area (TPSA) is 46.3 Å². The van der Waals surface area contributed by atoms with Crippen molar-refractivity contribution in [2.24, 2.45) is 5.73 Å². The van der Waals surface area contributed by atoms with Crippen LogP contribution < -0.4 is 5.73 Å². The van der Waals surface area contributed by atoms with Crippen molar-refractivity contribution in [2.75, 3.05) is 7.05 Å². The highest BCUT2D eigenvalue weighted by Crippen LogP contribution is 2.31. The molecule has 0 unspecified atom stereocenters. The van der Waals surface area contributed by atoms with Crippen molar-refractivity contribution in [3.8, 4) is 0 Å². The van der Waals surface area contributed by atoms with Crippen molar-refractivity contribution < 1.29 is 4.79 Å². The monoisotopic (exact) mass is 212 g/mol. The minimum Gasteiger partial charge on any atom is -0.339 e. The second-order valence-electron chi connectivity index (χ2n) is 5.39. The maximum Gasteiger partial charge on any atom is 0.242 e. The van der Waals surface area contributed by atoms with E-state index in [-0.39, 0.29) is 11.4 Å². The molecule has 0 spiro atoms. The number of likely N-dealkylation sites (N-methyl/N-ethyl adjacent to an activating group) is 1. The van der Waals surface area contributed by atoms with E-state index in [4.69, 9.17) is 5.73 Å². The van der Waals surface area contributed by atoms with Gasteiger partial charge in [-0.3, -0.25) is 4.79 Å². The minimum absolute atomic E-state index is 0.0912. The molecule has 1 amide bonds. The molecular weight excluding hydrogens is 188 g/mol. The normalized spacial score (nSPS) is 20.3. The molecule has 0 saturated heterocycles. The quantitative estimate of drug-likeness (QED) is 0.776. The van der Waals surface area contributed by atoms with Gasteiger partial charge in [0.05, 0.1) is 5.54 Å². The zero-order valence-corrected chi connectivity index (χ0v) is 10.5. The number of hydrogen-bond donors (Lipinski definition) is 1. The second-order valence-corrected chi connectivity index (χ2v) is 5.39. The molecule has 1 aliphatic rings. The Morgan fingerprint density at radius 3 is 2.27 bits per heavy atom. The molecule has 0 aromatic carbocycles. The van der Waals surface area contributed by atoms with Crippen molar-refractivity contribution in [3.05, 3.63) is 0 Å². The summed E-state index contributed by atoms with van der Waals surface area (Å²) in [6.07, 6.45) is 4.81. The molecular formula is C12H24N2O. The third-order valence-corrected chi connectivity index (χ3v) is 4.00. The maximum atomic E-state index is 12.3. The van der Waals surface area contributed by atoms with Gasteiger partial charge in [-0.1, -0.05) is 19.8 Å². The van der Waals surface area contributed by atoms with Crippen molar-refractivity contribution in [2.45, 2.75) is 64.0 Å². The molecule has 0 heterocycles. The first kappa shape index (κ1) is 12.5. The Bertz CT molecular complexity index is 242. The van der Waals surface area contributed by atoms with Crippen LogP contribution in [0.4, 0.5) is 0 Å². The maximum absolute atomic E-state index is 12.3. The van der Waals surface area contributed by atoms with Gasteiger partial charge >= 0.3 is 0 Å². The van der Waals surface area contributed by atoms with Gasteiger partial charge in [-0.05, 0) is 33.1 Å². The minimum atomic E-state index is -0.582. The van der Waals surface area contributed by atoms with E-state index in [0.717, 1.165) is 32.1 Å². The van der Waals surface area contributed by atoms with Crippen LogP contribution in [0.3, 0.4) is 0 Å². The summed E-state index contributed by atoms with van der Waals surface area (Å²) < 4.78 is 0. The first-order chi connectivity index (χ1) is 6.83. The Labute approximate surface area is 93.0 Å². The molecule has 15 heavy (non-hydrogen) atoms. The molecule has 0 aromatic heterocycles. The predicted octanol–water partition coefficient (Wildman–Crippen LogP) is 1.90. The summed E-state index contributed by atoms with van der Waals surface area (Å²) in [5, 5.41) is 0. The standard InChI is InChI=1S/C12H24N2O/c1-5-11(2,3)14(4)10(15)12(13)8-6-7-9-12/h5-9,13H2,1-4H3. The highest BCUT2D eigenvalue weighted by atomic mass is 16.2. The predicted molar refractivity (Wildman–Crippen MR) is 62.5 cm³/mol. The molecule has 3 heteroatoms. The van der Waals surface area contributed by atoms with Crippen LogP contribution in [-0.4, -0.2) is 28.9 Å². The highest BCUT2D eigenvalue weighted by molar-refractivity contribution is 5.86. The molecule has 1 rings (SSSR count). The van der Waals surface area contributed by atoms with Gasteiger partial charge in [-0.25, -0.2) is 0 Å². The zero-order chi connectivity index (χ0) is 11.7. The number of amides is 1. The molecule has 88 valence electrons. The van der Waals surface area contributed by atoms with Crippen molar-refractivity contribution in [3.63, 3.8) is 0 Å². The van der Waals surface area contributed by atoms with Crippen LogP contribution >= 0.6 is 0 Å². The van der Waals surface area contributed by atoms with Gasteiger partial charge in [0.15, 0.2) is 0 Å². The van der Waals surface area contributed by atoms with E-state index in [1.807, 2.05) is 11.9 Å². The summed E-state index contributed by atoms with van der Waals surface area (Å²) in [6.45, 7) is 6.27. The fourth-order valence-corrected chi connectivity index (χ4v) is 2.07. The summed E-state index contributed by atoms with van der Waals surface area (Å²) in [5.41, 5.74) is 5.49. The molecule has 0 aromatic rings. The molecule has 1 saturated carbocycles. The first-order valence-electron chi connectivity index (χ1n) is 5.90. The summed E-state index contributed by atoms with van der Waals surface area (Å²) in [6, 6.07) is 0. The smallest absolute Gasteiger partial charge is 0.242 e. The molecule has 0 atom stereocenters. The fourth-order valence-electron chi connectivity index (χ4n) is 2.07. The molecule has 0 radical (unpaired) electrons. The Hall–Kier alpha value is -0.570. The molecule has 1 fully saturated rings. The molecule has 1 aliphatic carbocycles. The van der Waals surface area contributed by atoms with Crippen molar-refractivity contribution >= 4 is 5.91 Å². The lowest BCUT2D eigenvalue weighted by atomic mass is 9.92. The fraction of sp³-hybridized carbons (Fsp3) is 0.917. The van der Waals surface area contributed by atoms with Crippen LogP contribution in [0.15, 0.2) is 0 Å². The number of nitrogens with two attached hydrogens (primary N) is 1. The van der Waals surface area contributed by atoms with E-state index in [9.17, 15) is 4.79 Å². The zero-order valence-electron chi connectivity index (χ0n) is 10.5. The van der Waals surface area contributed by atoms with E-state index < -0.39 is 5.54 Å². The van der Waals surface area contributed by atoms with E-state index in [2.05, 4.69) is 20.8 Å². The van der Waals surface area contributed by atoms with Gasteiger partial charge in [0.1, 0.15) is 0 Å². The van der Waals surface area contributed by atoms with Gasteiger partial charge in [0.2, 0.25) is 5.91 Å². The van der Waals surface area contributed by atoms with Crippen LogP contribution in [0.25, 0.3) is 0 Å². The Morgan fingerprint density at radius 2 is 1.87 bits per heavy atom. The summed E-state index contributed by atoms with van der Waals surface area (Å²) in [5.74, 6) is 0.117. The van der Waals surface area contributed by atoms with Crippen LogP contribution in [0.5, 0.6) is 0 Å². The van der Waals surface area contributed by atoms with E-state index >= 15 is 0 Å². The Kier molecular flexibility index (Phi) is 3.44. The van der Waals surface area contributed by atoms with Crippen LogP contribution in [-0.2, 0) is 4.79 Å². The summed E-state index contributed by atoms with van der Waals surface area (Å²) >= 11 is 0. The summed E-state index contributed by atoms with van der Waals surface area (Å²) in [4.78, 5) is 14.1.